The molecule has 0 amide bonds. The molecule has 0 aliphatic heterocycles. The first-order valence-corrected chi connectivity index (χ1v) is 5.46. The van der Waals surface area contributed by atoms with E-state index in [1.165, 1.54) is 6.07 Å². The molecule has 0 heterocycles. The minimum absolute atomic E-state index is 0.0279. The van der Waals surface area contributed by atoms with Crippen LogP contribution in [0.15, 0.2) is 12.1 Å². The fourth-order valence-corrected chi connectivity index (χ4v) is 1.73. The van der Waals surface area contributed by atoms with Gasteiger partial charge in [0.25, 0.3) is 5.69 Å². The molecule has 18 heavy (non-hydrogen) atoms. The van der Waals surface area contributed by atoms with Crippen LogP contribution in [0, 0.1) is 32.8 Å². The zero-order chi connectivity index (χ0) is 13.7. The van der Waals surface area contributed by atoms with Gasteiger partial charge in [-0.15, -0.1) is 0 Å². The summed E-state index contributed by atoms with van der Waals surface area (Å²) in [4.78, 5) is 12.3. The van der Waals surface area contributed by atoms with Crippen LogP contribution in [0.4, 0.5) is 11.4 Å². The van der Waals surface area contributed by atoms with Gasteiger partial charge < -0.3 is 4.90 Å². The molecule has 0 radical (unpaired) electrons. The number of rotatable bonds is 4. The van der Waals surface area contributed by atoms with Crippen molar-refractivity contribution in [1.29, 1.82) is 10.5 Å². The SMILES string of the molecule is CCN(CC)c1cc(C#N)c(C#N)cc1[N+](=O)[O-]. The van der Waals surface area contributed by atoms with Gasteiger partial charge in [0.15, 0.2) is 0 Å². The molecule has 0 N–H and O–H groups in total. The molecule has 0 saturated heterocycles. The van der Waals surface area contributed by atoms with Crippen LogP contribution in [-0.2, 0) is 0 Å². The molecule has 6 heteroatoms. The summed E-state index contributed by atoms with van der Waals surface area (Å²) in [5.74, 6) is 0. The Labute approximate surface area is 105 Å². The van der Waals surface area contributed by atoms with Crippen molar-refractivity contribution in [2.75, 3.05) is 18.0 Å². The van der Waals surface area contributed by atoms with E-state index >= 15 is 0 Å². The maximum absolute atomic E-state index is 11.0. The maximum atomic E-state index is 11.0. The first-order chi connectivity index (χ1) is 8.58. The first-order valence-electron chi connectivity index (χ1n) is 5.46. The molecule has 1 rings (SSSR count). The summed E-state index contributed by atoms with van der Waals surface area (Å²) >= 11 is 0. The lowest BCUT2D eigenvalue weighted by molar-refractivity contribution is -0.384. The Kier molecular flexibility index (Phi) is 4.22. The lowest BCUT2D eigenvalue weighted by Gasteiger charge is -2.21. The van der Waals surface area contributed by atoms with E-state index in [4.69, 9.17) is 10.5 Å². The molecule has 0 atom stereocenters. The zero-order valence-corrected chi connectivity index (χ0v) is 10.2. The normalized spacial score (nSPS) is 9.33. The molecule has 0 aliphatic carbocycles. The van der Waals surface area contributed by atoms with Crippen molar-refractivity contribution in [3.8, 4) is 12.1 Å². The molecule has 0 saturated carbocycles. The zero-order valence-electron chi connectivity index (χ0n) is 10.2. The minimum atomic E-state index is -0.532. The van der Waals surface area contributed by atoms with Gasteiger partial charge >= 0.3 is 0 Å². The van der Waals surface area contributed by atoms with Crippen LogP contribution < -0.4 is 4.90 Å². The topological polar surface area (TPSA) is 94.0 Å². The highest BCUT2D eigenvalue weighted by atomic mass is 16.6. The molecule has 0 unspecified atom stereocenters. The first kappa shape index (κ1) is 13.5. The third-order valence-corrected chi connectivity index (χ3v) is 2.66. The number of nitriles is 2. The van der Waals surface area contributed by atoms with Gasteiger partial charge in [0, 0.05) is 19.2 Å². The average molecular weight is 244 g/mol. The molecule has 92 valence electrons. The Balaban J connectivity index is 3.54. The molecule has 1 aromatic carbocycles. The van der Waals surface area contributed by atoms with Gasteiger partial charge in [-0.1, -0.05) is 0 Å². The van der Waals surface area contributed by atoms with E-state index in [0.717, 1.165) is 6.07 Å². The Hall–Kier alpha value is -2.60. The Morgan fingerprint density at radius 3 is 2.11 bits per heavy atom. The molecule has 0 aromatic heterocycles. The van der Waals surface area contributed by atoms with Crippen molar-refractivity contribution in [2.24, 2.45) is 0 Å². The van der Waals surface area contributed by atoms with E-state index in [0.29, 0.717) is 18.8 Å². The lowest BCUT2D eigenvalue weighted by atomic mass is 10.1. The largest absolute Gasteiger partial charge is 0.367 e. The van der Waals surface area contributed by atoms with Crippen LogP contribution in [0.3, 0.4) is 0 Å². The van der Waals surface area contributed by atoms with Crippen molar-refractivity contribution in [2.45, 2.75) is 13.8 Å². The fraction of sp³-hybridized carbons (Fsp3) is 0.333. The lowest BCUT2D eigenvalue weighted by Crippen LogP contribution is -2.23. The molecule has 6 nitrogen and oxygen atoms in total. The molecule has 0 bridgehead atoms. The number of hydrogen-bond acceptors (Lipinski definition) is 5. The van der Waals surface area contributed by atoms with Gasteiger partial charge in [-0.05, 0) is 19.9 Å². The smallest absolute Gasteiger partial charge is 0.293 e. The molecule has 0 aliphatic rings. The van der Waals surface area contributed by atoms with E-state index in [9.17, 15) is 10.1 Å². The molecular formula is C12H12N4O2. The van der Waals surface area contributed by atoms with Gasteiger partial charge in [0.1, 0.15) is 17.8 Å². The standard InChI is InChI=1S/C12H12N4O2/c1-3-15(4-2)11-5-9(7-13)10(8-14)6-12(11)16(17)18/h5-6H,3-4H2,1-2H3. The van der Waals surface area contributed by atoms with Crippen molar-refractivity contribution >= 4 is 11.4 Å². The fourth-order valence-electron chi connectivity index (χ4n) is 1.73. The van der Waals surface area contributed by atoms with Crippen molar-refractivity contribution in [3.63, 3.8) is 0 Å². The van der Waals surface area contributed by atoms with E-state index in [1.54, 1.807) is 11.0 Å². The van der Waals surface area contributed by atoms with E-state index in [1.807, 2.05) is 19.9 Å². The van der Waals surface area contributed by atoms with Crippen molar-refractivity contribution in [3.05, 3.63) is 33.4 Å². The van der Waals surface area contributed by atoms with E-state index in [2.05, 4.69) is 0 Å². The molecule has 1 aromatic rings. The monoisotopic (exact) mass is 244 g/mol. The summed E-state index contributed by atoms with van der Waals surface area (Å²) < 4.78 is 0. The molecule has 0 spiro atoms. The van der Waals surface area contributed by atoms with Crippen LogP contribution in [0.2, 0.25) is 0 Å². The van der Waals surface area contributed by atoms with Crippen LogP contribution in [0.1, 0.15) is 25.0 Å². The number of hydrogen-bond donors (Lipinski definition) is 0. The predicted molar refractivity (Wildman–Crippen MR) is 66.1 cm³/mol. The average Bonchev–Trinajstić information content (AvgIpc) is 2.39. The third-order valence-electron chi connectivity index (χ3n) is 2.66. The Bertz CT molecular complexity index is 550. The Morgan fingerprint density at radius 2 is 1.72 bits per heavy atom. The summed E-state index contributed by atoms with van der Waals surface area (Å²) in [5.41, 5.74) is 0.417. The summed E-state index contributed by atoms with van der Waals surface area (Å²) in [5, 5.41) is 28.8. The number of nitro benzene ring substituents is 1. The number of nitrogens with zero attached hydrogens (tertiary/aromatic N) is 4. The van der Waals surface area contributed by atoms with Gasteiger partial charge in [0.2, 0.25) is 0 Å². The van der Waals surface area contributed by atoms with E-state index in [-0.39, 0.29) is 16.8 Å². The minimum Gasteiger partial charge on any atom is -0.367 e. The Morgan fingerprint density at radius 1 is 1.22 bits per heavy atom. The molecular weight excluding hydrogens is 232 g/mol. The van der Waals surface area contributed by atoms with Crippen LogP contribution in [-0.4, -0.2) is 18.0 Å². The third kappa shape index (κ3) is 2.38. The van der Waals surface area contributed by atoms with Crippen molar-refractivity contribution < 1.29 is 4.92 Å². The summed E-state index contributed by atoms with van der Waals surface area (Å²) in [6.07, 6.45) is 0. The second-order valence-corrected chi connectivity index (χ2v) is 3.54. The van der Waals surface area contributed by atoms with Crippen LogP contribution in [0.25, 0.3) is 0 Å². The second-order valence-electron chi connectivity index (χ2n) is 3.54. The number of benzene rings is 1. The summed E-state index contributed by atoms with van der Waals surface area (Å²) in [6.45, 7) is 4.93. The second kappa shape index (κ2) is 5.65. The summed E-state index contributed by atoms with van der Waals surface area (Å²) in [7, 11) is 0. The number of anilines is 1. The predicted octanol–water partition coefficient (Wildman–Crippen LogP) is 2.18. The van der Waals surface area contributed by atoms with Crippen molar-refractivity contribution in [1.82, 2.24) is 0 Å². The maximum Gasteiger partial charge on any atom is 0.293 e. The highest BCUT2D eigenvalue weighted by molar-refractivity contribution is 5.69. The quantitative estimate of drug-likeness (QED) is 0.597. The van der Waals surface area contributed by atoms with Crippen LogP contribution in [0.5, 0.6) is 0 Å². The molecule has 0 fully saturated rings. The van der Waals surface area contributed by atoms with E-state index < -0.39 is 4.92 Å². The number of nitro groups is 1. The van der Waals surface area contributed by atoms with Gasteiger partial charge in [-0.25, -0.2) is 0 Å². The van der Waals surface area contributed by atoms with Gasteiger partial charge in [-0.2, -0.15) is 10.5 Å². The van der Waals surface area contributed by atoms with Crippen LogP contribution >= 0.6 is 0 Å². The van der Waals surface area contributed by atoms with Gasteiger partial charge in [0.05, 0.1) is 16.1 Å². The highest BCUT2D eigenvalue weighted by Crippen LogP contribution is 2.31. The van der Waals surface area contributed by atoms with Gasteiger partial charge in [-0.3, -0.25) is 10.1 Å². The summed E-state index contributed by atoms with van der Waals surface area (Å²) in [6, 6.07) is 6.25. The highest BCUT2D eigenvalue weighted by Gasteiger charge is 2.21.